The van der Waals surface area contributed by atoms with Crippen LogP contribution in [0.1, 0.15) is 38.5 Å². The van der Waals surface area contributed by atoms with E-state index in [1.807, 2.05) is 0 Å². The van der Waals surface area contributed by atoms with E-state index in [4.69, 9.17) is 0 Å². The van der Waals surface area contributed by atoms with Crippen molar-refractivity contribution in [2.75, 3.05) is 31.1 Å². The number of hydrogen-bond donors (Lipinski definition) is 0. The molecule has 2 aliphatic heterocycles. The highest BCUT2D eigenvalue weighted by atomic mass is 19.1. The van der Waals surface area contributed by atoms with E-state index in [1.54, 1.807) is 17.0 Å². The number of piperazine rings is 1. The number of likely N-dealkylation sites (tertiary alicyclic amines) is 1. The highest BCUT2D eigenvalue weighted by molar-refractivity contribution is 6.05. The van der Waals surface area contributed by atoms with Crippen LogP contribution < -0.4 is 4.90 Å². The first kappa shape index (κ1) is 17.5. The van der Waals surface area contributed by atoms with Crippen LogP contribution in [0, 0.1) is 5.82 Å². The lowest BCUT2D eigenvalue weighted by Crippen LogP contribution is -2.53. The molecule has 140 valence electrons. The summed E-state index contributed by atoms with van der Waals surface area (Å²) < 4.78 is 13.1. The van der Waals surface area contributed by atoms with Gasteiger partial charge < -0.3 is 4.90 Å². The van der Waals surface area contributed by atoms with Gasteiger partial charge in [0.1, 0.15) is 5.82 Å². The van der Waals surface area contributed by atoms with E-state index in [1.165, 1.54) is 18.6 Å². The smallest absolute Gasteiger partial charge is 0.247 e. The number of carbonyl (C=O) groups is 2. The van der Waals surface area contributed by atoms with Crippen molar-refractivity contribution in [2.45, 2.75) is 50.6 Å². The molecule has 1 aliphatic carbocycles. The summed E-state index contributed by atoms with van der Waals surface area (Å²) >= 11 is 0. The van der Waals surface area contributed by atoms with Crippen molar-refractivity contribution >= 4 is 17.5 Å². The first-order valence-electron chi connectivity index (χ1n) is 9.74. The Balaban J connectivity index is 1.37. The molecular formula is C20H26FN3O2. The minimum Gasteiger partial charge on any atom is -0.369 e. The van der Waals surface area contributed by atoms with Crippen molar-refractivity contribution in [1.29, 1.82) is 0 Å². The minimum atomic E-state index is -0.292. The molecule has 1 unspecified atom stereocenters. The van der Waals surface area contributed by atoms with Gasteiger partial charge in [0.05, 0.1) is 12.5 Å². The van der Waals surface area contributed by atoms with Gasteiger partial charge >= 0.3 is 0 Å². The van der Waals surface area contributed by atoms with E-state index in [2.05, 4.69) is 9.80 Å². The quantitative estimate of drug-likeness (QED) is 0.778. The monoisotopic (exact) mass is 359 g/mol. The lowest BCUT2D eigenvalue weighted by Gasteiger charge is -2.38. The molecular weight excluding hydrogens is 333 g/mol. The van der Waals surface area contributed by atoms with Crippen LogP contribution in [0.5, 0.6) is 0 Å². The van der Waals surface area contributed by atoms with Crippen LogP contribution in [0.25, 0.3) is 0 Å². The zero-order valence-corrected chi connectivity index (χ0v) is 15.1. The van der Waals surface area contributed by atoms with E-state index in [9.17, 15) is 14.0 Å². The summed E-state index contributed by atoms with van der Waals surface area (Å²) in [5.41, 5.74) is 1.00. The summed E-state index contributed by atoms with van der Waals surface area (Å²) in [6, 6.07) is 6.36. The fourth-order valence-electron chi connectivity index (χ4n) is 4.59. The Hall–Kier alpha value is -1.95. The molecule has 1 atom stereocenters. The van der Waals surface area contributed by atoms with Crippen molar-refractivity contribution in [3.63, 3.8) is 0 Å². The molecule has 0 aromatic heterocycles. The van der Waals surface area contributed by atoms with E-state index < -0.39 is 0 Å². The van der Waals surface area contributed by atoms with Crippen molar-refractivity contribution in [3.05, 3.63) is 30.1 Å². The summed E-state index contributed by atoms with van der Waals surface area (Å²) in [4.78, 5) is 31.3. The molecule has 1 saturated carbocycles. The summed E-state index contributed by atoms with van der Waals surface area (Å²) in [5, 5.41) is 0. The van der Waals surface area contributed by atoms with Crippen LogP contribution in [-0.4, -0.2) is 59.9 Å². The van der Waals surface area contributed by atoms with Gasteiger partial charge in [-0.3, -0.25) is 19.4 Å². The molecule has 2 saturated heterocycles. The molecule has 4 rings (SSSR count). The maximum absolute atomic E-state index is 13.1. The minimum absolute atomic E-state index is 0.00728. The van der Waals surface area contributed by atoms with E-state index in [-0.39, 0.29) is 29.7 Å². The Bertz CT molecular complexity index is 664. The Labute approximate surface area is 153 Å². The summed E-state index contributed by atoms with van der Waals surface area (Å²) in [5.74, 6) is -0.213. The van der Waals surface area contributed by atoms with Gasteiger partial charge in [0, 0.05) is 37.9 Å². The van der Waals surface area contributed by atoms with E-state index in [0.717, 1.165) is 57.5 Å². The van der Waals surface area contributed by atoms with Crippen molar-refractivity contribution in [3.8, 4) is 0 Å². The first-order chi connectivity index (χ1) is 12.6. The lowest BCUT2D eigenvalue weighted by molar-refractivity contribution is -0.143. The molecule has 0 radical (unpaired) electrons. The van der Waals surface area contributed by atoms with Gasteiger partial charge in [-0.2, -0.15) is 0 Å². The normalized spacial score (nSPS) is 26.0. The van der Waals surface area contributed by atoms with Crippen LogP contribution in [0.2, 0.25) is 0 Å². The molecule has 0 spiro atoms. The second kappa shape index (κ2) is 7.35. The molecule has 6 heteroatoms. The van der Waals surface area contributed by atoms with E-state index >= 15 is 0 Å². The predicted octanol–water partition coefficient (Wildman–Crippen LogP) is 2.41. The summed E-state index contributed by atoms with van der Waals surface area (Å²) in [7, 11) is 0. The fraction of sp³-hybridized carbons (Fsp3) is 0.600. The molecule has 5 nitrogen and oxygen atoms in total. The maximum atomic E-state index is 13.1. The number of carbonyl (C=O) groups excluding carboxylic acids is 2. The maximum Gasteiger partial charge on any atom is 0.247 e. The zero-order chi connectivity index (χ0) is 18.1. The average molecular weight is 359 g/mol. The van der Waals surface area contributed by atoms with Gasteiger partial charge in [0.15, 0.2) is 0 Å². The molecule has 0 bridgehead atoms. The van der Waals surface area contributed by atoms with Gasteiger partial charge in [0.2, 0.25) is 11.8 Å². The van der Waals surface area contributed by atoms with Crippen LogP contribution in [0.15, 0.2) is 24.3 Å². The third kappa shape index (κ3) is 3.34. The molecule has 3 aliphatic rings. The average Bonchev–Trinajstić information content (AvgIpc) is 2.97. The molecule has 0 N–H and O–H groups in total. The van der Waals surface area contributed by atoms with Gasteiger partial charge in [0.25, 0.3) is 0 Å². The van der Waals surface area contributed by atoms with Crippen LogP contribution >= 0.6 is 0 Å². The van der Waals surface area contributed by atoms with Crippen LogP contribution in [-0.2, 0) is 9.59 Å². The van der Waals surface area contributed by atoms with Crippen LogP contribution in [0.4, 0.5) is 10.1 Å². The fourth-order valence-corrected chi connectivity index (χ4v) is 4.59. The van der Waals surface area contributed by atoms with E-state index in [0.29, 0.717) is 6.42 Å². The zero-order valence-electron chi connectivity index (χ0n) is 15.1. The number of amides is 2. The number of imide groups is 1. The molecule has 3 fully saturated rings. The Kier molecular flexibility index (Phi) is 4.94. The van der Waals surface area contributed by atoms with Crippen molar-refractivity contribution in [1.82, 2.24) is 9.80 Å². The Morgan fingerprint density at radius 2 is 1.54 bits per heavy atom. The van der Waals surface area contributed by atoms with Crippen molar-refractivity contribution in [2.24, 2.45) is 0 Å². The van der Waals surface area contributed by atoms with Gasteiger partial charge in [-0.05, 0) is 37.1 Å². The third-order valence-electron chi connectivity index (χ3n) is 6.05. The summed E-state index contributed by atoms with van der Waals surface area (Å²) in [6.07, 6.45) is 5.68. The second-order valence-electron chi connectivity index (χ2n) is 7.61. The standard InChI is InChI=1S/C20H26FN3O2/c21-15-6-8-16(9-7-15)22-10-12-23(13-11-22)18-14-19(25)24(20(18)26)17-4-2-1-3-5-17/h6-9,17-18H,1-5,10-14H2. The van der Waals surface area contributed by atoms with Crippen molar-refractivity contribution < 1.29 is 14.0 Å². The topological polar surface area (TPSA) is 43.9 Å². The Morgan fingerprint density at radius 3 is 2.19 bits per heavy atom. The number of hydrogen-bond acceptors (Lipinski definition) is 4. The molecule has 26 heavy (non-hydrogen) atoms. The van der Waals surface area contributed by atoms with Gasteiger partial charge in [-0.25, -0.2) is 4.39 Å². The van der Waals surface area contributed by atoms with Crippen LogP contribution in [0.3, 0.4) is 0 Å². The van der Waals surface area contributed by atoms with Gasteiger partial charge in [-0.15, -0.1) is 0 Å². The lowest BCUT2D eigenvalue weighted by atomic mass is 9.94. The molecule has 1 aromatic rings. The highest BCUT2D eigenvalue weighted by Crippen LogP contribution is 2.29. The number of halogens is 1. The summed E-state index contributed by atoms with van der Waals surface area (Å²) in [6.45, 7) is 3.07. The second-order valence-corrected chi connectivity index (χ2v) is 7.61. The molecule has 1 aromatic carbocycles. The van der Waals surface area contributed by atoms with Gasteiger partial charge in [-0.1, -0.05) is 19.3 Å². The number of rotatable bonds is 3. The largest absolute Gasteiger partial charge is 0.369 e. The predicted molar refractivity (Wildman–Crippen MR) is 97.3 cm³/mol. The SMILES string of the molecule is O=C1CC(N2CCN(c3ccc(F)cc3)CC2)C(=O)N1C1CCCCC1. The number of benzene rings is 1. The first-order valence-corrected chi connectivity index (χ1v) is 9.74. The molecule has 2 heterocycles. The third-order valence-corrected chi connectivity index (χ3v) is 6.05. The number of anilines is 1. The highest BCUT2D eigenvalue weighted by Gasteiger charge is 2.45. The Morgan fingerprint density at radius 1 is 0.885 bits per heavy atom. The number of nitrogens with zero attached hydrogens (tertiary/aromatic N) is 3. The molecule has 2 amide bonds.